The van der Waals surface area contributed by atoms with Gasteiger partial charge in [0, 0.05) is 57.0 Å². The molecule has 3 rings (SSSR count). The summed E-state index contributed by atoms with van der Waals surface area (Å²) < 4.78 is 0. The number of nitrogens with one attached hydrogen (secondary N) is 3. The molecule has 0 bridgehead atoms. The van der Waals surface area contributed by atoms with Crippen LogP contribution in [0.15, 0.2) is 22.2 Å². The van der Waals surface area contributed by atoms with Gasteiger partial charge in [-0.2, -0.15) is 5.10 Å². The molecule has 0 spiro atoms. The molecule has 8 nitrogen and oxygen atoms in total. The molecule has 0 saturated heterocycles. The first kappa shape index (κ1) is 29.4. The summed E-state index contributed by atoms with van der Waals surface area (Å²) in [5, 5.41) is 20.6. The van der Waals surface area contributed by atoms with Gasteiger partial charge in [0.15, 0.2) is 0 Å². The highest BCUT2D eigenvalue weighted by molar-refractivity contribution is 7.99. The molecule has 0 aromatic rings. The summed E-state index contributed by atoms with van der Waals surface area (Å²) in [6, 6.07) is 0. The maximum atomic E-state index is 9.13. The molecule has 2 aliphatic carbocycles. The molecule has 3 aliphatic rings. The second kappa shape index (κ2) is 14.7. The van der Waals surface area contributed by atoms with Crippen molar-refractivity contribution in [2.75, 3.05) is 58.2 Å². The average molecular weight is 522 g/mol. The van der Waals surface area contributed by atoms with E-state index in [0.717, 1.165) is 76.2 Å². The summed E-state index contributed by atoms with van der Waals surface area (Å²) in [5.41, 5.74) is 9.77. The number of rotatable bonds is 16. The van der Waals surface area contributed by atoms with E-state index < -0.39 is 0 Å². The Hall–Kier alpha value is -1.13. The van der Waals surface area contributed by atoms with E-state index in [1.165, 1.54) is 6.42 Å². The quantitative estimate of drug-likeness (QED) is 0.0697. The number of hydrazone groups is 1. The summed E-state index contributed by atoms with van der Waals surface area (Å²) in [6.07, 6.45) is 10.4. The number of aliphatic imine (C=N–C) groups is 1. The van der Waals surface area contributed by atoms with Gasteiger partial charge in [-0.1, -0.05) is 32.9 Å². The van der Waals surface area contributed by atoms with Crippen molar-refractivity contribution in [3.63, 3.8) is 0 Å². The molecule has 7 atom stereocenters. The number of nitrogens with two attached hydrogens (primary N) is 1. The van der Waals surface area contributed by atoms with Gasteiger partial charge in [0.25, 0.3) is 0 Å². The van der Waals surface area contributed by atoms with Crippen LogP contribution in [0.4, 0.5) is 0 Å². The number of aliphatic hydroxyl groups is 1. The maximum absolute atomic E-state index is 9.13. The van der Waals surface area contributed by atoms with Crippen molar-refractivity contribution in [1.29, 1.82) is 0 Å². The zero-order chi connectivity index (χ0) is 26.0. The summed E-state index contributed by atoms with van der Waals surface area (Å²) in [6.45, 7) is 15.5. The maximum Gasteiger partial charge on any atom is 0.124 e. The average Bonchev–Trinajstić information content (AvgIpc) is 3.62. The highest BCUT2D eigenvalue weighted by Gasteiger charge is 2.60. The number of thioether (sulfide) groups is 1. The van der Waals surface area contributed by atoms with Crippen molar-refractivity contribution in [2.45, 2.75) is 52.5 Å². The van der Waals surface area contributed by atoms with Gasteiger partial charge in [0.2, 0.25) is 0 Å². The lowest BCUT2D eigenvalue weighted by Crippen LogP contribution is -2.43. The van der Waals surface area contributed by atoms with Crippen molar-refractivity contribution in [1.82, 2.24) is 21.0 Å². The number of amidine groups is 1. The van der Waals surface area contributed by atoms with Gasteiger partial charge in [-0.25, -0.2) is 0 Å². The fourth-order valence-corrected chi connectivity index (χ4v) is 7.06. The van der Waals surface area contributed by atoms with Crippen LogP contribution in [0.1, 0.15) is 47.0 Å². The van der Waals surface area contributed by atoms with Gasteiger partial charge in [0.05, 0.1) is 12.4 Å². The Balaban J connectivity index is 1.38. The van der Waals surface area contributed by atoms with E-state index in [1.807, 2.05) is 11.8 Å². The second-order valence-electron chi connectivity index (χ2n) is 10.8. The van der Waals surface area contributed by atoms with Gasteiger partial charge in [-0.15, -0.1) is 11.8 Å². The standard InChI is InChI=1S/C27H51N7OS/c1-5-31-32-17-21(4)27-9-7-20(3)23(24(27)16-27)19-36-26(28)33-25-15-22(8-10-30-25)18-29-11-12-34(6-2)13-14-35/h7,9,17,20-24,26,29,31,35H,5-6,8,10-16,18-19,28H2,1-4H3,(H,30,33)/b32-17-/t20-,21+,22+,23?,24+,26?,27?/m0/s1. The third-order valence-corrected chi connectivity index (χ3v) is 9.46. The fourth-order valence-electron chi connectivity index (χ4n) is 5.88. The van der Waals surface area contributed by atoms with Crippen LogP contribution in [-0.4, -0.2) is 85.7 Å². The Morgan fingerprint density at radius 2 is 2.22 bits per heavy atom. The molecule has 1 heterocycles. The monoisotopic (exact) mass is 521 g/mol. The molecule has 1 fully saturated rings. The molecular formula is C27H51N7OS. The smallest absolute Gasteiger partial charge is 0.124 e. The van der Waals surface area contributed by atoms with E-state index in [9.17, 15) is 0 Å². The zero-order valence-corrected chi connectivity index (χ0v) is 23.8. The van der Waals surface area contributed by atoms with E-state index >= 15 is 0 Å². The summed E-state index contributed by atoms with van der Waals surface area (Å²) in [5.74, 6) is 5.15. The van der Waals surface area contributed by atoms with Gasteiger partial charge >= 0.3 is 0 Å². The highest BCUT2D eigenvalue weighted by atomic mass is 32.2. The van der Waals surface area contributed by atoms with Crippen LogP contribution >= 0.6 is 11.8 Å². The largest absolute Gasteiger partial charge is 0.395 e. The summed E-state index contributed by atoms with van der Waals surface area (Å²) in [4.78, 5) is 7.00. The van der Waals surface area contributed by atoms with Crippen LogP contribution in [0.5, 0.6) is 0 Å². The van der Waals surface area contributed by atoms with Gasteiger partial charge in [0.1, 0.15) is 5.50 Å². The minimum Gasteiger partial charge on any atom is -0.395 e. The first-order valence-electron chi connectivity index (χ1n) is 14.1. The first-order valence-corrected chi connectivity index (χ1v) is 15.1. The normalized spacial score (nSPS) is 31.2. The highest BCUT2D eigenvalue weighted by Crippen LogP contribution is 2.65. The van der Waals surface area contributed by atoms with Gasteiger partial charge in [-0.3, -0.25) is 4.99 Å². The minimum atomic E-state index is -0.119. The second-order valence-corrected chi connectivity index (χ2v) is 12.0. The Labute approximate surface area is 223 Å². The van der Waals surface area contributed by atoms with Crippen LogP contribution < -0.4 is 21.8 Å². The molecule has 36 heavy (non-hydrogen) atoms. The van der Waals surface area contributed by atoms with Crippen molar-refractivity contribution < 1.29 is 5.11 Å². The molecule has 3 unspecified atom stereocenters. The molecule has 0 radical (unpaired) electrons. The molecule has 0 amide bonds. The predicted molar refractivity (Wildman–Crippen MR) is 154 cm³/mol. The Kier molecular flexibility index (Phi) is 12.0. The topological polar surface area (TPSA) is 110 Å². The first-order chi connectivity index (χ1) is 17.4. The molecule has 0 aromatic heterocycles. The molecule has 9 heteroatoms. The van der Waals surface area contributed by atoms with Crippen LogP contribution in [-0.2, 0) is 0 Å². The van der Waals surface area contributed by atoms with E-state index in [4.69, 9.17) is 15.8 Å². The van der Waals surface area contributed by atoms with E-state index in [0.29, 0.717) is 23.7 Å². The van der Waals surface area contributed by atoms with Crippen molar-refractivity contribution in [3.05, 3.63) is 12.2 Å². The zero-order valence-electron chi connectivity index (χ0n) is 23.0. The van der Waals surface area contributed by atoms with Crippen LogP contribution in [0.25, 0.3) is 0 Å². The van der Waals surface area contributed by atoms with Crippen LogP contribution in [0.2, 0.25) is 0 Å². The molecular weight excluding hydrogens is 470 g/mol. The molecule has 1 saturated carbocycles. The molecule has 206 valence electrons. The molecule has 0 aromatic carbocycles. The number of hydrogen-bond donors (Lipinski definition) is 5. The fraction of sp³-hybridized carbons (Fsp3) is 0.852. The summed E-state index contributed by atoms with van der Waals surface area (Å²) in [7, 11) is 0. The lowest BCUT2D eigenvalue weighted by molar-refractivity contribution is 0.201. The number of likely N-dealkylation sites (N-methyl/N-ethyl adjacent to an activating group) is 1. The predicted octanol–water partition coefficient (Wildman–Crippen LogP) is 2.32. The summed E-state index contributed by atoms with van der Waals surface area (Å²) >= 11 is 1.84. The third-order valence-electron chi connectivity index (χ3n) is 8.40. The molecule has 1 aliphatic heterocycles. The number of allylic oxidation sites excluding steroid dienone is 2. The minimum absolute atomic E-state index is 0.119. The Morgan fingerprint density at radius 3 is 2.97 bits per heavy atom. The van der Waals surface area contributed by atoms with E-state index in [-0.39, 0.29) is 17.5 Å². The van der Waals surface area contributed by atoms with Crippen LogP contribution in [0, 0.1) is 35.0 Å². The van der Waals surface area contributed by atoms with Gasteiger partial charge in [-0.05, 0) is 61.9 Å². The lowest BCUT2D eigenvalue weighted by atomic mass is 9.76. The third kappa shape index (κ3) is 8.18. The Morgan fingerprint density at radius 1 is 1.39 bits per heavy atom. The van der Waals surface area contributed by atoms with Crippen molar-refractivity contribution in [2.24, 2.45) is 50.8 Å². The van der Waals surface area contributed by atoms with Gasteiger partial charge < -0.3 is 31.8 Å². The number of hydrogen-bond acceptors (Lipinski definition) is 9. The van der Waals surface area contributed by atoms with E-state index in [2.05, 4.69) is 72.1 Å². The van der Waals surface area contributed by atoms with Crippen LogP contribution in [0.3, 0.4) is 0 Å². The number of nitrogens with zero attached hydrogens (tertiary/aromatic N) is 3. The van der Waals surface area contributed by atoms with Crippen molar-refractivity contribution >= 4 is 23.8 Å². The lowest BCUT2D eigenvalue weighted by Gasteiger charge is -2.32. The SMILES string of the molecule is CCN/N=C\[C@@H](C)C12C=C[C@H](C)C(CSC(N)NC3=NCC[C@@H](CNCCN(CC)CCO)C3)[C@H]1C2. The van der Waals surface area contributed by atoms with E-state index in [1.54, 1.807) is 0 Å². The molecule has 6 N–H and O–H groups in total. The number of aliphatic hydroxyl groups excluding tert-OH is 1. The van der Waals surface area contributed by atoms with Crippen molar-refractivity contribution in [3.8, 4) is 0 Å². The number of fused-ring (bicyclic) bond motifs is 1. The Bertz CT molecular complexity index is 748.